The van der Waals surface area contributed by atoms with E-state index in [1.807, 2.05) is 4.90 Å². The zero-order valence-corrected chi connectivity index (χ0v) is 13.9. The number of nitrogens with zero attached hydrogens (tertiary/aromatic N) is 1. The van der Waals surface area contributed by atoms with Crippen molar-refractivity contribution >= 4 is 5.91 Å². The third-order valence-corrected chi connectivity index (χ3v) is 4.18. The van der Waals surface area contributed by atoms with Crippen LogP contribution in [-0.2, 0) is 4.79 Å². The molecular weight excluding hydrogens is 234 g/mol. The van der Waals surface area contributed by atoms with Crippen LogP contribution < -0.4 is 0 Å². The topological polar surface area (TPSA) is 20.3 Å². The van der Waals surface area contributed by atoms with Gasteiger partial charge in [0.15, 0.2) is 0 Å². The SMILES string of the molecule is CC(C)(C)CCCCC(C(=O)N1CCC1)C(C)(C)C. The van der Waals surface area contributed by atoms with Gasteiger partial charge in [0.1, 0.15) is 0 Å². The Bertz CT molecular complexity index is 291. The van der Waals surface area contributed by atoms with Crippen LogP contribution in [0.15, 0.2) is 0 Å². The highest BCUT2D eigenvalue weighted by molar-refractivity contribution is 5.80. The summed E-state index contributed by atoms with van der Waals surface area (Å²) in [5.74, 6) is 0.599. The minimum Gasteiger partial charge on any atom is -0.342 e. The van der Waals surface area contributed by atoms with Crippen molar-refractivity contribution in [1.82, 2.24) is 4.90 Å². The number of carbonyl (C=O) groups is 1. The summed E-state index contributed by atoms with van der Waals surface area (Å²) in [7, 11) is 0. The van der Waals surface area contributed by atoms with Gasteiger partial charge in [0.25, 0.3) is 0 Å². The molecule has 0 aromatic heterocycles. The van der Waals surface area contributed by atoms with Crippen LogP contribution in [0.3, 0.4) is 0 Å². The first-order valence-corrected chi connectivity index (χ1v) is 7.90. The van der Waals surface area contributed by atoms with Gasteiger partial charge >= 0.3 is 0 Å². The Kier molecular flexibility index (Phi) is 5.46. The van der Waals surface area contributed by atoms with Crippen LogP contribution in [0, 0.1) is 16.7 Å². The Morgan fingerprint density at radius 2 is 1.63 bits per heavy atom. The molecule has 0 aliphatic carbocycles. The molecule has 19 heavy (non-hydrogen) atoms. The van der Waals surface area contributed by atoms with Crippen molar-refractivity contribution in [2.45, 2.75) is 73.6 Å². The lowest BCUT2D eigenvalue weighted by molar-refractivity contribution is -0.143. The van der Waals surface area contributed by atoms with Gasteiger partial charge in [0, 0.05) is 19.0 Å². The van der Waals surface area contributed by atoms with Crippen LogP contribution in [0.4, 0.5) is 0 Å². The van der Waals surface area contributed by atoms with E-state index < -0.39 is 0 Å². The molecule has 1 amide bonds. The number of unbranched alkanes of at least 4 members (excludes halogenated alkanes) is 1. The average molecular weight is 267 g/mol. The van der Waals surface area contributed by atoms with E-state index in [2.05, 4.69) is 41.5 Å². The van der Waals surface area contributed by atoms with Gasteiger partial charge in [0.05, 0.1) is 0 Å². The molecule has 0 saturated carbocycles. The summed E-state index contributed by atoms with van der Waals surface area (Å²) in [4.78, 5) is 14.5. The number of likely N-dealkylation sites (tertiary alicyclic amines) is 1. The quantitative estimate of drug-likeness (QED) is 0.672. The van der Waals surface area contributed by atoms with Crippen molar-refractivity contribution < 1.29 is 4.79 Å². The van der Waals surface area contributed by atoms with E-state index in [-0.39, 0.29) is 11.3 Å². The van der Waals surface area contributed by atoms with Crippen molar-refractivity contribution in [2.75, 3.05) is 13.1 Å². The van der Waals surface area contributed by atoms with Crippen molar-refractivity contribution in [3.05, 3.63) is 0 Å². The van der Waals surface area contributed by atoms with Crippen molar-refractivity contribution in [2.24, 2.45) is 16.7 Å². The van der Waals surface area contributed by atoms with Gasteiger partial charge in [-0.2, -0.15) is 0 Å². The van der Waals surface area contributed by atoms with Gasteiger partial charge in [0.2, 0.25) is 5.91 Å². The average Bonchev–Trinajstić information content (AvgIpc) is 2.10. The summed E-state index contributed by atoms with van der Waals surface area (Å²) in [6.07, 6.45) is 5.91. The van der Waals surface area contributed by atoms with Crippen LogP contribution in [0.25, 0.3) is 0 Å². The highest BCUT2D eigenvalue weighted by Gasteiger charge is 2.35. The second-order valence-electron chi connectivity index (χ2n) is 8.40. The first-order valence-electron chi connectivity index (χ1n) is 7.90. The summed E-state index contributed by atoms with van der Waals surface area (Å²) in [6, 6.07) is 0. The van der Waals surface area contributed by atoms with E-state index in [9.17, 15) is 4.79 Å². The Balaban J connectivity index is 2.44. The molecule has 1 aliphatic heterocycles. The van der Waals surface area contributed by atoms with Gasteiger partial charge in [-0.1, -0.05) is 54.4 Å². The fourth-order valence-electron chi connectivity index (χ4n) is 2.69. The molecule has 0 aromatic rings. The standard InChI is InChI=1S/C17H33NO/c1-16(2,3)11-8-7-10-14(17(4,5)6)15(19)18-12-9-13-18/h14H,7-13H2,1-6H3. The maximum atomic E-state index is 12.5. The van der Waals surface area contributed by atoms with E-state index in [4.69, 9.17) is 0 Å². The van der Waals surface area contributed by atoms with Gasteiger partial charge in [-0.25, -0.2) is 0 Å². The zero-order chi connectivity index (χ0) is 14.7. The molecule has 2 nitrogen and oxygen atoms in total. The molecule has 112 valence electrons. The minimum absolute atomic E-state index is 0.0917. The molecule has 1 fully saturated rings. The monoisotopic (exact) mass is 267 g/mol. The molecule has 0 aromatic carbocycles. The lowest BCUT2D eigenvalue weighted by Gasteiger charge is -2.39. The Hall–Kier alpha value is -0.530. The molecule has 2 heteroatoms. The molecule has 0 N–H and O–H groups in total. The predicted molar refractivity (Wildman–Crippen MR) is 82.1 cm³/mol. The Labute approximate surface area is 119 Å². The van der Waals surface area contributed by atoms with E-state index in [1.54, 1.807) is 0 Å². The van der Waals surface area contributed by atoms with Gasteiger partial charge in [-0.05, 0) is 30.1 Å². The highest BCUT2D eigenvalue weighted by Crippen LogP contribution is 2.34. The molecule has 1 heterocycles. The molecule has 1 atom stereocenters. The fourth-order valence-corrected chi connectivity index (χ4v) is 2.69. The highest BCUT2D eigenvalue weighted by atomic mass is 16.2. The number of rotatable bonds is 5. The first kappa shape index (κ1) is 16.5. The first-order chi connectivity index (χ1) is 8.61. The molecule has 0 radical (unpaired) electrons. The van der Waals surface area contributed by atoms with Crippen molar-refractivity contribution in [1.29, 1.82) is 0 Å². The van der Waals surface area contributed by atoms with E-state index in [1.165, 1.54) is 25.7 Å². The number of hydrogen-bond acceptors (Lipinski definition) is 1. The van der Waals surface area contributed by atoms with Gasteiger partial charge < -0.3 is 4.90 Å². The van der Waals surface area contributed by atoms with Gasteiger partial charge in [-0.3, -0.25) is 4.79 Å². The molecule has 1 saturated heterocycles. The zero-order valence-electron chi connectivity index (χ0n) is 13.9. The molecule has 0 bridgehead atoms. The third kappa shape index (κ3) is 5.54. The Morgan fingerprint density at radius 3 is 2.00 bits per heavy atom. The largest absolute Gasteiger partial charge is 0.342 e. The van der Waals surface area contributed by atoms with E-state index in [0.29, 0.717) is 11.3 Å². The molecule has 1 aliphatic rings. The smallest absolute Gasteiger partial charge is 0.226 e. The number of hydrogen-bond donors (Lipinski definition) is 0. The maximum Gasteiger partial charge on any atom is 0.226 e. The molecule has 0 spiro atoms. The molecular formula is C17H33NO. The summed E-state index contributed by atoms with van der Waals surface area (Å²) >= 11 is 0. The summed E-state index contributed by atoms with van der Waals surface area (Å²) in [5.41, 5.74) is 0.507. The van der Waals surface area contributed by atoms with Crippen LogP contribution in [0.2, 0.25) is 0 Å². The van der Waals surface area contributed by atoms with Crippen LogP contribution in [0.5, 0.6) is 0 Å². The second kappa shape index (κ2) is 6.28. The second-order valence-corrected chi connectivity index (χ2v) is 8.40. The number of amides is 1. The predicted octanol–water partition coefficient (Wildman–Crippen LogP) is 4.49. The van der Waals surface area contributed by atoms with E-state index in [0.717, 1.165) is 19.5 Å². The Morgan fingerprint density at radius 1 is 1.05 bits per heavy atom. The van der Waals surface area contributed by atoms with Crippen LogP contribution in [-0.4, -0.2) is 23.9 Å². The maximum absolute atomic E-state index is 12.5. The van der Waals surface area contributed by atoms with Gasteiger partial charge in [-0.15, -0.1) is 0 Å². The lowest BCUT2D eigenvalue weighted by atomic mass is 9.76. The summed E-state index contributed by atoms with van der Waals surface area (Å²) < 4.78 is 0. The van der Waals surface area contributed by atoms with E-state index >= 15 is 0 Å². The summed E-state index contributed by atoms with van der Waals surface area (Å²) in [5, 5.41) is 0. The van der Waals surface area contributed by atoms with Crippen LogP contribution in [0.1, 0.15) is 73.6 Å². The minimum atomic E-state index is 0.0917. The number of carbonyl (C=O) groups excluding carboxylic acids is 1. The van der Waals surface area contributed by atoms with Crippen LogP contribution >= 0.6 is 0 Å². The normalized spacial score (nSPS) is 18.1. The van der Waals surface area contributed by atoms with Crippen molar-refractivity contribution in [3.8, 4) is 0 Å². The summed E-state index contributed by atoms with van der Waals surface area (Å²) in [6.45, 7) is 15.5. The van der Waals surface area contributed by atoms with Crippen molar-refractivity contribution in [3.63, 3.8) is 0 Å². The fraction of sp³-hybridized carbons (Fsp3) is 0.941. The third-order valence-electron chi connectivity index (χ3n) is 4.18. The molecule has 1 unspecified atom stereocenters. The lowest BCUT2D eigenvalue weighted by Crippen LogP contribution is -2.48. The molecule has 1 rings (SSSR count).